The van der Waals surface area contributed by atoms with Gasteiger partial charge in [0.15, 0.2) is 0 Å². The zero-order chi connectivity index (χ0) is 20.1. The zero-order valence-corrected chi connectivity index (χ0v) is 19.6. The normalized spacial score (nSPS) is 49.4. The molecule has 0 bridgehead atoms. The maximum atomic E-state index is 10.7. The summed E-state index contributed by atoms with van der Waals surface area (Å²) < 4.78 is 0. The van der Waals surface area contributed by atoms with E-state index >= 15 is 0 Å². The first-order chi connectivity index (χ1) is 13.3. The molecular weight excluding hydrogens is 340 g/mol. The number of hydrogen-bond donors (Lipinski definition) is 1. The van der Waals surface area contributed by atoms with Crippen LogP contribution in [0.5, 0.6) is 0 Å². The third kappa shape index (κ3) is 3.40. The molecule has 1 heteroatoms. The fourth-order valence-electron chi connectivity index (χ4n) is 9.41. The van der Waals surface area contributed by atoms with Crippen molar-refractivity contribution in [3.8, 4) is 0 Å². The van der Waals surface area contributed by atoms with Gasteiger partial charge in [-0.05, 0) is 104 Å². The lowest BCUT2D eigenvalue weighted by Gasteiger charge is -2.61. The van der Waals surface area contributed by atoms with E-state index in [2.05, 4.69) is 34.6 Å². The maximum Gasteiger partial charge on any atom is 0.0573 e. The Morgan fingerprint density at radius 3 is 2.25 bits per heavy atom. The summed E-state index contributed by atoms with van der Waals surface area (Å²) in [5.74, 6) is 6.16. The number of aliphatic hydroxyl groups is 1. The van der Waals surface area contributed by atoms with Crippen molar-refractivity contribution in [2.75, 3.05) is 0 Å². The van der Waals surface area contributed by atoms with E-state index in [1.165, 1.54) is 70.6 Å². The minimum atomic E-state index is -0.00897. The molecule has 9 atom stereocenters. The predicted octanol–water partition coefficient (Wildman–Crippen LogP) is 7.47. The Bertz CT molecular complexity index is 540. The van der Waals surface area contributed by atoms with Crippen LogP contribution in [0.1, 0.15) is 112 Å². The van der Waals surface area contributed by atoms with E-state index in [4.69, 9.17) is 0 Å². The molecule has 0 spiro atoms. The fraction of sp³-hybridized carbons (Fsp3) is 1.00. The molecule has 0 unspecified atom stereocenters. The van der Waals surface area contributed by atoms with Gasteiger partial charge in [0.05, 0.1) is 6.10 Å². The quantitative estimate of drug-likeness (QED) is 0.518. The van der Waals surface area contributed by atoms with Gasteiger partial charge in [0.2, 0.25) is 0 Å². The van der Waals surface area contributed by atoms with Crippen LogP contribution in [0.15, 0.2) is 0 Å². The second-order valence-corrected chi connectivity index (χ2v) is 12.6. The molecule has 0 aromatic heterocycles. The second-order valence-electron chi connectivity index (χ2n) is 12.6. The highest BCUT2D eigenvalue weighted by Crippen LogP contribution is 2.68. The van der Waals surface area contributed by atoms with Gasteiger partial charge in [0, 0.05) is 0 Å². The monoisotopic (exact) mass is 388 g/mol. The van der Waals surface area contributed by atoms with Gasteiger partial charge in [-0.1, -0.05) is 60.3 Å². The molecule has 0 aromatic carbocycles. The Balaban J connectivity index is 1.47. The molecule has 4 fully saturated rings. The van der Waals surface area contributed by atoms with E-state index in [1.807, 2.05) is 0 Å². The standard InChI is InChI=1S/C27H48O/c1-18(2)8-6-9-19(3)21-13-14-22-20-11-12-24-25(28)10-7-16-26(24,4)23(20)15-17-27(21,22)5/h18-25,28H,6-17H2,1-5H3/t19-,20+,21-,22+,23+,24+,25-,26-,27-/m1/s1. The van der Waals surface area contributed by atoms with Crippen molar-refractivity contribution in [3.05, 3.63) is 0 Å². The van der Waals surface area contributed by atoms with Crippen LogP contribution in [0.2, 0.25) is 0 Å². The molecule has 4 aliphatic carbocycles. The van der Waals surface area contributed by atoms with Crippen molar-refractivity contribution in [1.82, 2.24) is 0 Å². The minimum Gasteiger partial charge on any atom is -0.393 e. The van der Waals surface area contributed by atoms with Gasteiger partial charge in [-0.2, -0.15) is 0 Å². The summed E-state index contributed by atoms with van der Waals surface area (Å²) in [6.07, 6.45) is 16.6. The average molecular weight is 389 g/mol. The van der Waals surface area contributed by atoms with Gasteiger partial charge in [0.1, 0.15) is 0 Å². The summed E-state index contributed by atoms with van der Waals surface area (Å²) in [7, 11) is 0. The third-order valence-electron chi connectivity index (χ3n) is 10.8. The molecule has 0 heterocycles. The maximum absolute atomic E-state index is 10.7. The van der Waals surface area contributed by atoms with Crippen LogP contribution in [0, 0.1) is 52.3 Å². The zero-order valence-electron chi connectivity index (χ0n) is 19.6. The van der Waals surface area contributed by atoms with Gasteiger partial charge in [-0.25, -0.2) is 0 Å². The lowest BCUT2D eigenvalue weighted by molar-refractivity contribution is -0.145. The summed E-state index contributed by atoms with van der Waals surface area (Å²) in [6, 6.07) is 0. The van der Waals surface area contributed by atoms with Crippen LogP contribution in [-0.4, -0.2) is 11.2 Å². The van der Waals surface area contributed by atoms with E-state index in [0.717, 1.165) is 41.9 Å². The highest BCUT2D eigenvalue weighted by molar-refractivity contribution is 5.10. The Labute approximate surface area is 175 Å². The van der Waals surface area contributed by atoms with Gasteiger partial charge in [-0.15, -0.1) is 0 Å². The van der Waals surface area contributed by atoms with Gasteiger partial charge in [-0.3, -0.25) is 0 Å². The SMILES string of the molecule is CC(C)CCC[C@@H](C)[C@H]1CC[C@H]2[C@@H]3CC[C@H]4[C@H](O)CCC[C@]4(C)[C@H]3CC[C@]12C. The molecule has 1 N–H and O–H groups in total. The van der Waals surface area contributed by atoms with Gasteiger partial charge >= 0.3 is 0 Å². The molecule has 0 amide bonds. The molecule has 0 saturated heterocycles. The van der Waals surface area contributed by atoms with E-state index in [1.54, 1.807) is 0 Å². The summed E-state index contributed by atoms with van der Waals surface area (Å²) >= 11 is 0. The molecule has 4 aliphatic rings. The van der Waals surface area contributed by atoms with Crippen molar-refractivity contribution < 1.29 is 5.11 Å². The first kappa shape index (κ1) is 21.2. The topological polar surface area (TPSA) is 20.2 Å². The van der Waals surface area contributed by atoms with E-state index in [-0.39, 0.29) is 6.10 Å². The number of aliphatic hydroxyl groups excluding tert-OH is 1. The largest absolute Gasteiger partial charge is 0.393 e. The predicted molar refractivity (Wildman–Crippen MR) is 119 cm³/mol. The van der Waals surface area contributed by atoms with Crippen molar-refractivity contribution in [2.45, 2.75) is 118 Å². The first-order valence-electron chi connectivity index (χ1n) is 13.0. The Morgan fingerprint density at radius 1 is 0.786 bits per heavy atom. The Hall–Kier alpha value is -0.0400. The van der Waals surface area contributed by atoms with Crippen LogP contribution >= 0.6 is 0 Å². The summed E-state index contributed by atoms with van der Waals surface area (Å²) in [4.78, 5) is 0. The van der Waals surface area contributed by atoms with Crippen LogP contribution in [0.3, 0.4) is 0 Å². The Kier molecular flexibility index (Phi) is 5.98. The smallest absolute Gasteiger partial charge is 0.0573 e. The Morgan fingerprint density at radius 2 is 1.50 bits per heavy atom. The third-order valence-corrected chi connectivity index (χ3v) is 10.8. The molecule has 0 aromatic rings. The highest BCUT2D eigenvalue weighted by atomic mass is 16.3. The summed E-state index contributed by atoms with van der Waals surface area (Å²) in [5, 5.41) is 10.7. The van der Waals surface area contributed by atoms with Crippen molar-refractivity contribution >= 4 is 0 Å². The highest BCUT2D eigenvalue weighted by Gasteiger charge is 2.61. The number of hydrogen-bond acceptors (Lipinski definition) is 1. The van der Waals surface area contributed by atoms with E-state index in [0.29, 0.717) is 16.7 Å². The van der Waals surface area contributed by atoms with Crippen LogP contribution in [0.25, 0.3) is 0 Å². The van der Waals surface area contributed by atoms with Crippen molar-refractivity contribution in [3.63, 3.8) is 0 Å². The number of fused-ring (bicyclic) bond motifs is 5. The summed E-state index contributed by atoms with van der Waals surface area (Å²) in [5.41, 5.74) is 1.04. The molecule has 1 nitrogen and oxygen atoms in total. The second kappa shape index (κ2) is 7.90. The number of rotatable bonds is 5. The van der Waals surface area contributed by atoms with Crippen molar-refractivity contribution in [2.24, 2.45) is 52.3 Å². The van der Waals surface area contributed by atoms with E-state index in [9.17, 15) is 5.11 Å². The van der Waals surface area contributed by atoms with Crippen molar-refractivity contribution in [1.29, 1.82) is 0 Å². The lowest BCUT2D eigenvalue weighted by atomic mass is 9.44. The van der Waals surface area contributed by atoms with Crippen LogP contribution in [-0.2, 0) is 0 Å². The fourth-order valence-corrected chi connectivity index (χ4v) is 9.41. The van der Waals surface area contributed by atoms with Crippen LogP contribution < -0.4 is 0 Å². The van der Waals surface area contributed by atoms with Crippen LogP contribution in [0.4, 0.5) is 0 Å². The van der Waals surface area contributed by atoms with Gasteiger partial charge in [0.25, 0.3) is 0 Å². The molecule has 4 saturated carbocycles. The lowest BCUT2D eigenvalue weighted by Crippen LogP contribution is -2.55. The van der Waals surface area contributed by atoms with E-state index < -0.39 is 0 Å². The molecule has 28 heavy (non-hydrogen) atoms. The minimum absolute atomic E-state index is 0.00897. The molecule has 0 radical (unpaired) electrons. The summed E-state index contributed by atoms with van der Waals surface area (Å²) in [6.45, 7) is 12.6. The molecule has 0 aliphatic heterocycles. The average Bonchev–Trinajstić information content (AvgIpc) is 2.98. The molecule has 162 valence electrons. The first-order valence-corrected chi connectivity index (χ1v) is 13.0. The molecular formula is C27H48O. The molecule has 4 rings (SSSR count). The van der Waals surface area contributed by atoms with Gasteiger partial charge < -0.3 is 5.11 Å².